The highest BCUT2D eigenvalue weighted by molar-refractivity contribution is 5.84. The largest absolute Gasteiger partial charge is 0.351 e. The van der Waals surface area contributed by atoms with Crippen LogP contribution < -0.4 is 5.32 Å². The fourth-order valence-electron chi connectivity index (χ4n) is 1.44. The van der Waals surface area contributed by atoms with E-state index in [9.17, 15) is 9.18 Å². The fourth-order valence-corrected chi connectivity index (χ4v) is 1.44. The second-order valence-electron chi connectivity index (χ2n) is 4.43. The molecule has 0 aliphatic heterocycles. The van der Waals surface area contributed by atoms with Crippen molar-refractivity contribution in [1.82, 2.24) is 5.32 Å². The Morgan fingerprint density at radius 2 is 2.08 bits per heavy atom. The molecular formula is C10H18FNO. The van der Waals surface area contributed by atoms with Crippen molar-refractivity contribution in [3.63, 3.8) is 0 Å². The molecule has 0 saturated heterocycles. The van der Waals surface area contributed by atoms with Gasteiger partial charge in [0.15, 0.2) is 5.67 Å². The number of alkyl halides is 1. The van der Waals surface area contributed by atoms with Crippen LogP contribution in [0.3, 0.4) is 0 Å². The summed E-state index contributed by atoms with van der Waals surface area (Å²) in [4.78, 5) is 11.2. The van der Waals surface area contributed by atoms with Crippen LogP contribution in [0.2, 0.25) is 0 Å². The molecule has 0 aromatic heterocycles. The smallest absolute Gasteiger partial charge is 0.257 e. The van der Waals surface area contributed by atoms with E-state index >= 15 is 0 Å². The van der Waals surface area contributed by atoms with Gasteiger partial charge in [0.2, 0.25) is 0 Å². The van der Waals surface area contributed by atoms with Crippen molar-refractivity contribution >= 4 is 5.91 Å². The number of carbonyl (C=O) groups excluding carboxylic acids is 1. The van der Waals surface area contributed by atoms with Crippen LogP contribution in [-0.4, -0.2) is 17.6 Å². The molecule has 1 rings (SSSR count). The van der Waals surface area contributed by atoms with Crippen LogP contribution >= 0.6 is 0 Å². The number of halogens is 1. The van der Waals surface area contributed by atoms with Gasteiger partial charge in [-0.2, -0.15) is 0 Å². The number of rotatable bonds is 3. The van der Waals surface area contributed by atoms with Crippen molar-refractivity contribution < 1.29 is 9.18 Å². The van der Waals surface area contributed by atoms with Gasteiger partial charge in [0.05, 0.1) is 0 Å². The number of hydrogen-bond acceptors (Lipinski definition) is 1. The first-order valence-corrected chi connectivity index (χ1v) is 4.91. The maximum atomic E-state index is 13.1. The van der Waals surface area contributed by atoms with Crippen LogP contribution in [0.4, 0.5) is 4.39 Å². The standard InChI is InChI=1S/C10H18FNO/c1-7(8-5-4-6-8)12-9(13)10(2,3)11/h7-8H,4-6H2,1-3H3,(H,12,13). The third-order valence-corrected chi connectivity index (χ3v) is 2.76. The minimum absolute atomic E-state index is 0.122. The molecule has 1 unspecified atom stereocenters. The number of hydrogen-bond donors (Lipinski definition) is 1. The zero-order valence-electron chi connectivity index (χ0n) is 8.56. The Morgan fingerprint density at radius 1 is 1.54 bits per heavy atom. The molecule has 0 aromatic rings. The van der Waals surface area contributed by atoms with Gasteiger partial charge in [0, 0.05) is 6.04 Å². The molecule has 76 valence electrons. The van der Waals surface area contributed by atoms with Crippen molar-refractivity contribution in [2.24, 2.45) is 5.92 Å². The Morgan fingerprint density at radius 3 is 2.38 bits per heavy atom. The fraction of sp³-hybridized carbons (Fsp3) is 0.900. The number of carbonyl (C=O) groups is 1. The van der Waals surface area contributed by atoms with E-state index < -0.39 is 11.6 Å². The van der Waals surface area contributed by atoms with Gasteiger partial charge in [-0.1, -0.05) is 6.42 Å². The first-order chi connectivity index (χ1) is 5.91. The monoisotopic (exact) mass is 187 g/mol. The minimum atomic E-state index is -1.75. The Labute approximate surface area is 78.9 Å². The van der Waals surface area contributed by atoms with Crippen LogP contribution in [0.5, 0.6) is 0 Å². The second-order valence-corrected chi connectivity index (χ2v) is 4.43. The summed E-state index contributed by atoms with van der Waals surface area (Å²) in [7, 11) is 0. The Balaban J connectivity index is 2.35. The number of amides is 1. The first-order valence-electron chi connectivity index (χ1n) is 4.91. The maximum Gasteiger partial charge on any atom is 0.257 e. The summed E-state index contributed by atoms with van der Waals surface area (Å²) in [5.74, 6) is 0.0678. The molecule has 0 heterocycles. The average molecular weight is 187 g/mol. The van der Waals surface area contributed by atoms with Crippen molar-refractivity contribution in [1.29, 1.82) is 0 Å². The highest BCUT2D eigenvalue weighted by atomic mass is 19.1. The zero-order valence-corrected chi connectivity index (χ0v) is 8.56. The van der Waals surface area contributed by atoms with E-state index in [2.05, 4.69) is 5.32 Å². The molecule has 0 radical (unpaired) electrons. The van der Waals surface area contributed by atoms with E-state index in [4.69, 9.17) is 0 Å². The van der Waals surface area contributed by atoms with Crippen LogP contribution in [0.15, 0.2) is 0 Å². The van der Waals surface area contributed by atoms with Crippen molar-refractivity contribution in [2.45, 2.75) is 51.7 Å². The summed E-state index contributed by atoms with van der Waals surface area (Å²) in [6.07, 6.45) is 3.56. The van der Waals surface area contributed by atoms with Crippen molar-refractivity contribution in [2.75, 3.05) is 0 Å². The molecule has 1 N–H and O–H groups in total. The zero-order chi connectivity index (χ0) is 10.1. The van der Waals surface area contributed by atoms with Gasteiger partial charge in [-0.25, -0.2) is 4.39 Å². The van der Waals surface area contributed by atoms with Crippen molar-refractivity contribution in [3.05, 3.63) is 0 Å². The molecule has 1 atom stereocenters. The summed E-state index contributed by atoms with van der Waals surface area (Å²) < 4.78 is 13.1. The lowest BCUT2D eigenvalue weighted by Crippen LogP contribution is -2.47. The molecule has 1 saturated carbocycles. The summed E-state index contributed by atoms with van der Waals surface area (Å²) in [5.41, 5.74) is -1.75. The van der Waals surface area contributed by atoms with E-state index in [-0.39, 0.29) is 6.04 Å². The Kier molecular flexibility index (Phi) is 2.94. The molecule has 3 heteroatoms. The van der Waals surface area contributed by atoms with Gasteiger partial charge in [-0.15, -0.1) is 0 Å². The van der Waals surface area contributed by atoms with Crippen LogP contribution in [-0.2, 0) is 4.79 Å². The van der Waals surface area contributed by atoms with Gasteiger partial charge < -0.3 is 5.32 Å². The lowest BCUT2D eigenvalue weighted by Gasteiger charge is -2.32. The predicted molar refractivity (Wildman–Crippen MR) is 50.1 cm³/mol. The lowest BCUT2D eigenvalue weighted by atomic mass is 9.80. The molecule has 1 amide bonds. The van der Waals surface area contributed by atoms with Crippen LogP contribution in [0.25, 0.3) is 0 Å². The van der Waals surface area contributed by atoms with Gasteiger partial charge >= 0.3 is 0 Å². The highest BCUT2D eigenvalue weighted by Crippen LogP contribution is 2.29. The number of nitrogens with one attached hydrogen (secondary N) is 1. The first kappa shape index (κ1) is 10.5. The SMILES string of the molecule is CC(NC(=O)C(C)(C)F)C1CCC1. The summed E-state index contributed by atoms with van der Waals surface area (Å²) >= 11 is 0. The molecule has 13 heavy (non-hydrogen) atoms. The molecule has 0 bridgehead atoms. The summed E-state index contributed by atoms with van der Waals surface area (Å²) in [6.45, 7) is 4.53. The van der Waals surface area contributed by atoms with E-state index in [0.29, 0.717) is 5.92 Å². The molecule has 0 spiro atoms. The molecule has 0 aromatic carbocycles. The van der Waals surface area contributed by atoms with Gasteiger partial charge in [-0.05, 0) is 39.5 Å². The van der Waals surface area contributed by atoms with Gasteiger partial charge in [0.1, 0.15) is 0 Å². The normalized spacial score (nSPS) is 20.6. The minimum Gasteiger partial charge on any atom is -0.351 e. The lowest BCUT2D eigenvalue weighted by molar-refractivity contribution is -0.132. The third-order valence-electron chi connectivity index (χ3n) is 2.76. The molecular weight excluding hydrogens is 169 g/mol. The van der Waals surface area contributed by atoms with Gasteiger partial charge in [0.25, 0.3) is 5.91 Å². The van der Waals surface area contributed by atoms with E-state index in [0.717, 1.165) is 12.8 Å². The molecule has 1 aliphatic rings. The molecule has 1 fully saturated rings. The maximum absolute atomic E-state index is 13.1. The van der Waals surface area contributed by atoms with E-state index in [1.165, 1.54) is 20.3 Å². The average Bonchev–Trinajstić information content (AvgIpc) is 1.79. The van der Waals surface area contributed by atoms with Crippen LogP contribution in [0.1, 0.15) is 40.0 Å². The van der Waals surface area contributed by atoms with Crippen LogP contribution in [0, 0.1) is 5.92 Å². The van der Waals surface area contributed by atoms with Gasteiger partial charge in [-0.3, -0.25) is 4.79 Å². The molecule has 1 aliphatic carbocycles. The topological polar surface area (TPSA) is 29.1 Å². The summed E-state index contributed by atoms with van der Waals surface area (Å²) in [5, 5.41) is 2.71. The Hall–Kier alpha value is -0.600. The molecule has 2 nitrogen and oxygen atoms in total. The van der Waals surface area contributed by atoms with Crippen molar-refractivity contribution in [3.8, 4) is 0 Å². The van der Waals surface area contributed by atoms with E-state index in [1.54, 1.807) is 0 Å². The summed E-state index contributed by atoms with van der Waals surface area (Å²) in [6, 6.07) is 0.122. The quantitative estimate of drug-likeness (QED) is 0.719. The van der Waals surface area contributed by atoms with E-state index in [1.807, 2.05) is 6.92 Å². The third kappa shape index (κ3) is 2.68. The second kappa shape index (κ2) is 3.64. The Bertz CT molecular complexity index is 194. The highest BCUT2D eigenvalue weighted by Gasteiger charge is 2.31. The predicted octanol–water partition coefficient (Wildman–Crippen LogP) is 2.04.